The second-order valence-electron chi connectivity index (χ2n) is 4.71. The Kier molecular flexibility index (Phi) is 3.74. The molecular formula is C16H17N3O. The van der Waals surface area contributed by atoms with Crippen LogP contribution in [0.1, 0.15) is 24.1 Å². The highest BCUT2D eigenvalue weighted by Gasteiger charge is 2.02. The zero-order chi connectivity index (χ0) is 13.8. The van der Waals surface area contributed by atoms with Crippen molar-refractivity contribution in [3.05, 3.63) is 59.9 Å². The SMILES string of the molecule is CCc1cnc(CNCc2ccc3ncccc3c2)o1. The molecule has 3 rings (SSSR count). The number of hydrogen-bond acceptors (Lipinski definition) is 4. The average molecular weight is 267 g/mol. The third-order valence-corrected chi connectivity index (χ3v) is 3.22. The van der Waals surface area contributed by atoms with E-state index in [-0.39, 0.29) is 0 Å². The first-order valence-electron chi connectivity index (χ1n) is 6.83. The molecule has 2 aromatic heterocycles. The van der Waals surface area contributed by atoms with Crippen molar-refractivity contribution < 1.29 is 4.42 Å². The maximum Gasteiger partial charge on any atom is 0.208 e. The number of pyridine rings is 1. The van der Waals surface area contributed by atoms with Crippen LogP contribution in [-0.4, -0.2) is 9.97 Å². The molecule has 0 unspecified atom stereocenters. The van der Waals surface area contributed by atoms with Gasteiger partial charge in [-0.05, 0) is 23.8 Å². The number of oxazole rings is 1. The van der Waals surface area contributed by atoms with Crippen LogP contribution < -0.4 is 5.32 Å². The van der Waals surface area contributed by atoms with Gasteiger partial charge in [0.05, 0.1) is 18.3 Å². The fraction of sp³-hybridized carbons (Fsp3) is 0.250. The second-order valence-corrected chi connectivity index (χ2v) is 4.71. The number of benzene rings is 1. The molecule has 0 atom stereocenters. The third-order valence-electron chi connectivity index (χ3n) is 3.22. The molecule has 1 aromatic carbocycles. The van der Waals surface area contributed by atoms with Crippen molar-refractivity contribution in [2.24, 2.45) is 0 Å². The first-order chi connectivity index (χ1) is 9.85. The summed E-state index contributed by atoms with van der Waals surface area (Å²) in [5.41, 5.74) is 2.25. The Balaban J connectivity index is 1.62. The van der Waals surface area contributed by atoms with E-state index in [4.69, 9.17) is 4.42 Å². The summed E-state index contributed by atoms with van der Waals surface area (Å²) in [7, 11) is 0. The van der Waals surface area contributed by atoms with Crippen molar-refractivity contribution in [2.45, 2.75) is 26.4 Å². The molecule has 0 fully saturated rings. The predicted molar refractivity (Wildman–Crippen MR) is 78.2 cm³/mol. The maximum atomic E-state index is 5.56. The highest BCUT2D eigenvalue weighted by Crippen LogP contribution is 2.13. The highest BCUT2D eigenvalue weighted by molar-refractivity contribution is 5.78. The van der Waals surface area contributed by atoms with E-state index in [0.717, 1.165) is 35.5 Å². The Morgan fingerprint density at radius 3 is 2.95 bits per heavy atom. The van der Waals surface area contributed by atoms with Gasteiger partial charge < -0.3 is 9.73 Å². The zero-order valence-electron chi connectivity index (χ0n) is 11.5. The summed E-state index contributed by atoms with van der Waals surface area (Å²) in [5.74, 6) is 1.67. The molecule has 20 heavy (non-hydrogen) atoms. The summed E-state index contributed by atoms with van der Waals surface area (Å²) < 4.78 is 5.56. The van der Waals surface area contributed by atoms with Crippen LogP contribution in [0.3, 0.4) is 0 Å². The smallest absolute Gasteiger partial charge is 0.208 e. The van der Waals surface area contributed by atoms with Crippen molar-refractivity contribution in [3.8, 4) is 0 Å². The van der Waals surface area contributed by atoms with Crippen LogP contribution in [0.4, 0.5) is 0 Å². The maximum absolute atomic E-state index is 5.56. The molecular weight excluding hydrogens is 250 g/mol. The molecule has 0 amide bonds. The molecule has 4 nitrogen and oxygen atoms in total. The Labute approximate surface area is 117 Å². The number of fused-ring (bicyclic) bond motifs is 1. The number of nitrogens with one attached hydrogen (secondary N) is 1. The van der Waals surface area contributed by atoms with Crippen molar-refractivity contribution in [1.29, 1.82) is 0 Å². The van der Waals surface area contributed by atoms with Gasteiger partial charge in [-0.15, -0.1) is 0 Å². The van der Waals surface area contributed by atoms with Gasteiger partial charge in [-0.25, -0.2) is 4.98 Å². The minimum absolute atomic E-state index is 0.644. The fourth-order valence-electron chi connectivity index (χ4n) is 2.14. The molecule has 1 N–H and O–H groups in total. The minimum Gasteiger partial charge on any atom is -0.444 e. The van der Waals surface area contributed by atoms with E-state index < -0.39 is 0 Å². The Bertz CT molecular complexity index is 706. The quantitative estimate of drug-likeness (QED) is 0.772. The summed E-state index contributed by atoms with van der Waals surface area (Å²) in [6, 6.07) is 10.3. The molecule has 0 spiro atoms. The largest absolute Gasteiger partial charge is 0.444 e. The number of rotatable bonds is 5. The molecule has 2 heterocycles. The molecule has 0 saturated heterocycles. The van der Waals surface area contributed by atoms with Gasteiger partial charge in [0.15, 0.2) is 0 Å². The summed E-state index contributed by atoms with van der Waals surface area (Å²) in [5, 5.41) is 4.51. The van der Waals surface area contributed by atoms with E-state index in [0.29, 0.717) is 6.54 Å². The van der Waals surface area contributed by atoms with Crippen LogP contribution in [0.25, 0.3) is 10.9 Å². The Morgan fingerprint density at radius 1 is 1.15 bits per heavy atom. The van der Waals surface area contributed by atoms with Crippen LogP contribution in [0.5, 0.6) is 0 Å². The second kappa shape index (κ2) is 5.84. The minimum atomic E-state index is 0.644. The van der Waals surface area contributed by atoms with Gasteiger partial charge in [-0.1, -0.05) is 19.1 Å². The van der Waals surface area contributed by atoms with Gasteiger partial charge >= 0.3 is 0 Å². The third kappa shape index (κ3) is 2.86. The summed E-state index contributed by atoms with van der Waals surface area (Å²) in [4.78, 5) is 8.55. The van der Waals surface area contributed by atoms with Gasteiger partial charge in [0, 0.05) is 24.5 Å². The van der Waals surface area contributed by atoms with Gasteiger partial charge in [-0.2, -0.15) is 0 Å². The Morgan fingerprint density at radius 2 is 2.10 bits per heavy atom. The summed E-state index contributed by atoms with van der Waals surface area (Å²) >= 11 is 0. The van der Waals surface area contributed by atoms with Crippen molar-refractivity contribution in [3.63, 3.8) is 0 Å². The van der Waals surface area contributed by atoms with Crippen molar-refractivity contribution in [1.82, 2.24) is 15.3 Å². The van der Waals surface area contributed by atoms with Crippen LogP contribution in [0.2, 0.25) is 0 Å². The van der Waals surface area contributed by atoms with Crippen LogP contribution in [-0.2, 0) is 19.5 Å². The van der Waals surface area contributed by atoms with E-state index in [1.165, 1.54) is 5.56 Å². The van der Waals surface area contributed by atoms with Crippen molar-refractivity contribution in [2.75, 3.05) is 0 Å². The number of nitrogens with zero attached hydrogens (tertiary/aromatic N) is 2. The molecule has 0 bridgehead atoms. The topological polar surface area (TPSA) is 51.0 Å². The molecule has 0 aliphatic heterocycles. The molecule has 3 aromatic rings. The zero-order valence-corrected chi connectivity index (χ0v) is 11.5. The van der Waals surface area contributed by atoms with E-state index in [1.54, 1.807) is 6.20 Å². The summed E-state index contributed by atoms with van der Waals surface area (Å²) in [6.07, 6.45) is 4.48. The first-order valence-corrected chi connectivity index (χ1v) is 6.83. The highest BCUT2D eigenvalue weighted by atomic mass is 16.4. The molecule has 4 heteroatoms. The van der Waals surface area contributed by atoms with Gasteiger partial charge in [0.25, 0.3) is 0 Å². The predicted octanol–water partition coefficient (Wildman–Crippen LogP) is 3.08. The number of aryl methyl sites for hydroxylation is 1. The molecule has 0 radical (unpaired) electrons. The first kappa shape index (κ1) is 12.8. The van der Waals surface area contributed by atoms with Crippen LogP contribution in [0.15, 0.2) is 47.1 Å². The lowest BCUT2D eigenvalue weighted by Gasteiger charge is -2.04. The monoisotopic (exact) mass is 267 g/mol. The molecule has 102 valence electrons. The van der Waals surface area contributed by atoms with E-state index in [1.807, 2.05) is 18.3 Å². The average Bonchev–Trinajstić information content (AvgIpc) is 2.95. The van der Waals surface area contributed by atoms with Crippen molar-refractivity contribution >= 4 is 10.9 Å². The molecule has 0 aliphatic rings. The molecule has 0 aliphatic carbocycles. The van der Waals surface area contributed by atoms with Crippen LogP contribution >= 0.6 is 0 Å². The van der Waals surface area contributed by atoms with E-state index in [9.17, 15) is 0 Å². The summed E-state index contributed by atoms with van der Waals surface area (Å²) in [6.45, 7) is 3.49. The lowest BCUT2D eigenvalue weighted by molar-refractivity contribution is 0.439. The normalized spacial score (nSPS) is 11.1. The number of aromatic nitrogens is 2. The number of hydrogen-bond donors (Lipinski definition) is 1. The Hall–Kier alpha value is -2.20. The van der Waals surface area contributed by atoms with Gasteiger partial charge in [0.2, 0.25) is 5.89 Å². The van der Waals surface area contributed by atoms with Crippen LogP contribution in [0, 0.1) is 0 Å². The lowest BCUT2D eigenvalue weighted by Crippen LogP contribution is -2.12. The van der Waals surface area contributed by atoms with E-state index in [2.05, 4.69) is 40.4 Å². The van der Waals surface area contributed by atoms with Gasteiger partial charge in [0.1, 0.15) is 5.76 Å². The van der Waals surface area contributed by atoms with Gasteiger partial charge in [-0.3, -0.25) is 4.98 Å². The lowest BCUT2D eigenvalue weighted by atomic mass is 10.1. The fourth-order valence-corrected chi connectivity index (χ4v) is 2.14. The molecule has 0 saturated carbocycles. The van der Waals surface area contributed by atoms with E-state index >= 15 is 0 Å². The standard InChI is InChI=1S/C16H17N3O/c1-2-14-10-19-16(20-14)11-17-9-12-5-6-15-13(8-12)4-3-7-18-15/h3-8,10,17H,2,9,11H2,1H3.